The Morgan fingerprint density at radius 2 is 1.92 bits per heavy atom. The molecule has 1 saturated heterocycles. The number of carbonyl (C=O) groups is 2. The van der Waals surface area contributed by atoms with Gasteiger partial charge in [-0.3, -0.25) is 9.59 Å². The molecule has 1 fully saturated rings. The molecule has 26 heavy (non-hydrogen) atoms. The predicted octanol–water partition coefficient (Wildman–Crippen LogP) is 2.94. The van der Waals surface area contributed by atoms with Gasteiger partial charge in [0.2, 0.25) is 11.8 Å². The Morgan fingerprint density at radius 1 is 1.19 bits per heavy atom. The summed E-state index contributed by atoms with van der Waals surface area (Å²) in [6, 6.07) is 8.00. The van der Waals surface area contributed by atoms with Crippen LogP contribution in [0.25, 0.3) is 6.08 Å². The van der Waals surface area contributed by atoms with Gasteiger partial charge in [0.15, 0.2) is 0 Å². The maximum Gasteiger partial charge on any atom is 0.223 e. The molecule has 0 spiro atoms. The number of nitrogens with one attached hydrogen (secondary N) is 1. The molecule has 1 atom stereocenters. The first-order chi connectivity index (χ1) is 12.6. The Hall–Kier alpha value is -2.14. The highest BCUT2D eigenvalue weighted by Crippen LogP contribution is 2.32. The number of carbonyl (C=O) groups excluding carboxylic acids is 2. The number of hydrogen-bond acceptors (Lipinski definition) is 3. The lowest BCUT2D eigenvalue weighted by Gasteiger charge is -2.34. The van der Waals surface area contributed by atoms with Crippen molar-refractivity contribution >= 4 is 17.9 Å². The zero-order valence-electron chi connectivity index (χ0n) is 15.8. The molecule has 2 heterocycles. The molecule has 5 nitrogen and oxygen atoms in total. The van der Waals surface area contributed by atoms with Crippen molar-refractivity contribution in [1.29, 1.82) is 0 Å². The fourth-order valence-corrected chi connectivity index (χ4v) is 3.99. The van der Waals surface area contributed by atoms with Gasteiger partial charge in [-0.1, -0.05) is 31.2 Å². The Balaban J connectivity index is 1.62. The third-order valence-electron chi connectivity index (χ3n) is 5.34. The number of nitrogens with zero attached hydrogens (tertiary/aromatic N) is 2. The Morgan fingerprint density at radius 3 is 2.62 bits per heavy atom. The summed E-state index contributed by atoms with van der Waals surface area (Å²) in [6.07, 6.45) is 7.22. The van der Waals surface area contributed by atoms with Crippen LogP contribution in [0.5, 0.6) is 0 Å². The quantitative estimate of drug-likeness (QED) is 0.883. The van der Waals surface area contributed by atoms with Crippen LogP contribution in [0.3, 0.4) is 0 Å². The number of amides is 2. The molecule has 140 valence electrons. The first kappa shape index (κ1) is 18.6. The second-order valence-electron chi connectivity index (χ2n) is 7.27. The highest BCUT2D eigenvalue weighted by atomic mass is 16.2. The highest BCUT2D eigenvalue weighted by Gasteiger charge is 2.29. The summed E-state index contributed by atoms with van der Waals surface area (Å²) in [5.41, 5.74) is 2.12. The van der Waals surface area contributed by atoms with Gasteiger partial charge in [0.1, 0.15) is 0 Å². The van der Waals surface area contributed by atoms with Gasteiger partial charge in [0.25, 0.3) is 0 Å². The van der Waals surface area contributed by atoms with E-state index < -0.39 is 0 Å². The van der Waals surface area contributed by atoms with E-state index in [9.17, 15) is 9.59 Å². The molecule has 2 aliphatic heterocycles. The average molecular weight is 355 g/mol. The van der Waals surface area contributed by atoms with Crippen LogP contribution < -0.4 is 5.32 Å². The smallest absolute Gasteiger partial charge is 0.223 e. The summed E-state index contributed by atoms with van der Waals surface area (Å²) in [4.78, 5) is 28.8. The Bertz CT molecular complexity index is 678. The summed E-state index contributed by atoms with van der Waals surface area (Å²) in [7, 11) is 0. The summed E-state index contributed by atoms with van der Waals surface area (Å²) in [5.74, 6) is -0.0123. The number of piperidine rings is 1. The van der Waals surface area contributed by atoms with Gasteiger partial charge in [-0.2, -0.15) is 0 Å². The van der Waals surface area contributed by atoms with Gasteiger partial charge >= 0.3 is 0 Å². The molecule has 5 heteroatoms. The third-order valence-corrected chi connectivity index (χ3v) is 5.34. The van der Waals surface area contributed by atoms with E-state index in [1.54, 1.807) is 18.0 Å². The van der Waals surface area contributed by atoms with Crippen molar-refractivity contribution in [2.45, 2.75) is 51.6 Å². The number of likely N-dealkylation sites (tertiary alicyclic amines) is 1. The third kappa shape index (κ3) is 4.33. The maximum absolute atomic E-state index is 12.7. The van der Waals surface area contributed by atoms with Crippen molar-refractivity contribution in [2.24, 2.45) is 0 Å². The van der Waals surface area contributed by atoms with Crippen LogP contribution >= 0.6 is 0 Å². The molecule has 0 saturated carbocycles. The van der Waals surface area contributed by atoms with Crippen LogP contribution in [-0.4, -0.2) is 47.3 Å². The molecule has 0 bridgehead atoms. The monoisotopic (exact) mass is 355 g/mol. The van der Waals surface area contributed by atoms with Gasteiger partial charge in [-0.15, -0.1) is 0 Å². The minimum atomic E-state index is -0.228. The molecule has 0 aromatic heterocycles. The molecule has 3 rings (SSSR count). The van der Waals surface area contributed by atoms with Gasteiger partial charge in [-0.05, 0) is 43.0 Å². The lowest BCUT2D eigenvalue weighted by molar-refractivity contribution is -0.130. The lowest BCUT2D eigenvalue weighted by Crippen LogP contribution is -2.45. The van der Waals surface area contributed by atoms with Gasteiger partial charge < -0.3 is 15.1 Å². The van der Waals surface area contributed by atoms with E-state index in [1.807, 2.05) is 30.3 Å². The summed E-state index contributed by atoms with van der Waals surface area (Å²) < 4.78 is 0. The molecule has 0 aliphatic carbocycles. The molecular formula is C21H29N3O2. The van der Waals surface area contributed by atoms with Crippen LogP contribution in [0.4, 0.5) is 0 Å². The minimum absolute atomic E-state index is 0.0281. The van der Waals surface area contributed by atoms with Crippen molar-refractivity contribution < 1.29 is 9.59 Å². The number of fused-ring (bicyclic) bond motifs is 1. The summed E-state index contributed by atoms with van der Waals surface area (Å²) >= 11 is 0. The topological polar surface area (TPSA) is 52.7 Å². The molecule has 1 aromatic carbocycles. The minimum Gasteiger partial charge on any atom is -0.353 e. The molecule has 2 aliphatic rings. The molecule has 1 aromatic rings. The fourth-order valence-electron chi connectivity index (χ4n) is 3.99. The number of benzene rings is 1. The van der Waals surface area contributed by atoms with E-state index in [0.29, 0.717) is 6.42 Å². The van der Waals surface area contributed by atoms with E-state index >= 15 is 0 Å². The van der Waals surface area contributed by atoms with Gasteiger partial charge in [0.05, 0.1) is 12.5 Å². The second-order valence-corrected chi connectivity index (χ2v) is 7.27. The highest BCUT2D eigenvalue weighted by molar-refractivity contribution is 5.82. The SMILES string of the molecule is CCCN1CCC(NC(=O)CC2c3ccccc3C=CN2C(C)=O)CC1. The second kappa shape index (κ2) is 8.49. The lowest BCUT2D eigenvalue weighted by atomic mass is 9.93. The summed E-state index contributed by atoms with van der Waals surface area (Å²) in [6.45, 7) is 6.98. The van der Waals surface area contributed by atoms with Crippen LogP contribution in [0, 0.1) is 0 Å². The normalized spacial score (nSPS) is 20.7. The zero-order valence-corrected chi connectivity index (χ0v) is 15.8. The first-order valence-corrected chi connectivity index (χ1v) is 9.66. The largest absolute Gasteiger partial charge is 0.353 e. The molecule has 2 amide bonds. The van der Waals surface area contributed by atoms with Crippen molar-refractivity contribution in [3.8, 4) is 0 Å². The van der Waals surface area contributed by atoms with Gasteiger partial charge in [-0.25, -0.2) is 0 Å². The molecular weight excluding hydrogens is 326 g/mol. The van der Waals surface area contributed by atoms with Crippen LogP contribution in [0.15, 0.2) is 30.5 Å². The predicted molar refractivity (Wildman–Crippen MR) is 103 cm³/mol. The fraction of sp³-hybridized carbons (Fsp3) is 0.524. The van der Waals surface area contributed by atoms with Crippen molar-refractivity contribution in [1.82, 2.24) is 15.1 Å². The average Bonchev–Trinajstić information content (AvgIpc) is 2.63. The Labute approximate surface area is 156 Å². The van der Waals surface area contributed by atoms with E-state index in [1.165, 1.54) is 6.42 Å². The zero-order chi connectivity index (χ0) is 18.5. The summed E-state index contributed by atoms with van der Waals surface area (Å²) in [5, 5.41) is 3.19. The van der Waals surface area contributed by atoms with E-state index in [0.717, 1.165) is 43.6 Å². The number of rotatable bonds is 5. The van der Waals surface area contributed by atoms with Crippen molar-refractivity contribution in [3.63, 3.8) is 0 Å². The van der Waals surface area contributed by atoms with Crippen LogP contribution in [0.1, 0.15) is 56.7 Å². The number of hydrogen-bond donors (Lipinski definition) is 1. The molecule has 1 N–H and O–H groups in total. The maximum atomic E-state index is 12.7. The standard InChI is InChI=1S/C21H29N3O2/c1-3-11-23-12-9-18(10-13-23)22-21(26)15-20-19-7-5-4-6-17(19)8-14-24(20)16(2)25/h4-8,14,18,20H,3,9-13,15H2,1-2H3,(H,22,26). The first-order valence-electron chi connectivity index (χ1n) is 9.66. The van der Waals surface area contributed by atoms with E-state index in [4.69, 9.17) is 0 Å². The van der Waals surface area contributed by atoms with Crippen molar-refractivity contribution in [3.05, 3.63) is 41.6 Å². The van der Waals surface area contributed by atoms with E-state index in [-0.39, 0.29) is 23.9 Å². The Kier molecular flexibility index (Phi) is 6.09. The van der Waals surface area contributed by atoms with Gasteiger partial charge in [0, 0.05) is 32.3 Å². The van der Waals surface area contributed by atoms with Crippen LogP contribution in [0.2, 0.25) is 0 Å². The van der Waals surface area contributed by atoms with E-state index in [2.05, 4.69) is 17.1 Å². The molecule has 0 radical (unpaired) electrons. The van der Waals surface area contributed by atoms with Crippen LogP contribution in [-0.2, 0) is 9.59 Å². The molecule has 1 unspecified atom stereocenters. The van der Waals surface area contributed by atoms with Crippen molar-refractivity contribution in [2.75, 3.05) is 19.6 Å².